The van der Waals surface area contributed by atoms with Crippen LogP contribution in [0.3, 0.4) is 0 Å². The largest absolute Gasteiger partial charge is 0.459 e. The van der Waals surface area contributed by atoms with E-state index >= 15 is 0 Å². The second-order valence-electron chi connectivity index (χ2n) is 6.10. The summed E-state index contributed by atoms with van der Waals surface area (Å²) in [6.45, 7) is 1.92. The van der Waals surface area contributed by atoms with Crippen molar-refractivity contribution < 1.29 is 14.3 Å². The molecule has 0 aliphatic heterocycles. The molecule has 0 atom stereocenters. The van der Waals surface area contributed by atoms with E-state index in [1.165, 1.54) is 17.8 Å². The molecule has 23 heavy (non-hydrogen) atoms. The fourth-order valence-corrected chi connectivity index (χ4v) is 4.23. The Hall–Kier alpha value is -1.82. The van der Waals surface area contributed by atoms with Gasteiger partial charge in [-0.25, -0.2) is 4.79 Å². The molecule has 1 amide bonds. The van der Waals surface area contributed by atoms with Crippen LogP contribution in [0.2, 0.25) is 0 Å². The highest BCUT2D eigenvalue weighted by molar-refractivity contribution is 7.16. The van der Waals surface area contributed by atoms with Crippen molar-refractivity contribution in [1.29, 1.82) is 0 Å². The van der Waals surface area contributed by atoms with E-state index in [0.29, 0.717) is 12.0 Å². The first-order valence-corrected chi connectivity index (χ1v) is 8.97. The average molecular weight is 334 g/mol. The molecule has 0 radical (unpaired) electrons. The number of nitrogens with zero attached hydrogens (tertiary/aromatic N) is 1. The van der Waals surface area contributed by atoms with Gasteiger partial charge in [-0.15, -0.1) is 11.3 Å². The molecule has 0 bridgehead atoms. The summed E-state index contributed by atoms with van der Waals surface area (Å²) in [6, 6.07) is 0. The van der Waals surface area contributed by atoms with E-state index in [9.17, 15) is 9.59 Å². The van der Waals surface area contributed by atoms with Crippen molar-refractivity contribution in [1.82, 2.24) is 9.72 Å². The van der Waals surface area contributed by atoms with Gasteiger partial charge in [0.1, 0.15) is 10.9 Å². The zero-order valence-electron chi connectivity index (χ0n) is 13.6. The zero-order valence-corrected chi connectivity index (χ0v) is 14.4. The number of aromatic nitrogens is 1. The molecule has 5 nitrogen and oxygen atoms in total. The van der Waals surface area contributed by atoms with Gasteiger partial charge in [0.15, 0.2) is 0 Å². The molecule has 124 valence electrons. The van der Waals surface area contributed by atoms with Gasteiger partial charge < -0.3 is 14.5 Å². The van der Waals surface area contributed by atoms with Crippen LogP contribution in [0.15, 0.2) is 11.6 Å². The molecule has 1 fully saturated rings. The van der Waals surface area contributed by atoms with Crippen LogP contribution in [-0.2, 0) is 16.0 Å². The number of carbonyl (C=O) groups is 2. The van der Waals surface area contributed by atoms with Gasteiger partial charge in [-0.2, -0.15) is 0 Å². The highest BCUT2D eigenvalue weighted by atomic mass is 32.1. The van der Waals surface area contributed by atoms with E-state index in [2.05, 4.69) is 5.32 Å². The maximum Gasteiger partial charge on any atom is 0.341 e. The normalized spacial score (nSPS) is 15.7. The number of ether oxygens (including phenoxy) is 1. The number of hydrogen-bond acceptors (Lipinski definition) is 4. The van der Waals surface area contributed by atoms with Crippen LogP contribution in [0.1, 0.15) is 53.7 Å². The van der Waals surface area contributed by atoms with E-state index in [-0.39, 0.29) is 18.0 Å². The molecule has 3 rings (SSSR count). The molecular weight excluding hydrogens is 312 g/mol. The van der Waals surface area contributed by atoms with Crippen LogP contribution in [-0.4, -0.2) is 29.4 Å². The number of fused-ring (bicyclic) bond motifs is 1. The van der Waals surface area contributed by atoms with Gasteiger partial charge in [-0.1, -0.05) is 6.42 Å². The van der Waals surface area contributed by atoms with E-state index in [0.717, 1.165) is 41.8 Å². The minimum absolute atomic E-state index is 0.0395. The minimum atomic E-state index is -0.231. The SMILES string of the molecule is CNC(=O)Cc1csc2c(C(=O)OC3CCCCC3)c(C)cn12. The summed E-state index contributed by atoms with van der Waals surface area (Å²) in [5, 5.41) is 4.56. The molecule has 2 aromatic rings. The molecule has 1 saturated carbocycles. The number of thiazole rings is 1. The van der Waals surface area contributed by atoms with Gasteiger partial charge >= 0.3 is 5.97 Å². The van der Waals surface area contributed by atoms with Crippen molar-refractivity contribution in [3.05, 3.63) is 28.4 Å². The van der Waals surface area contributed by atoms with Crippen LogP contribution in [0.25, 0.3) is 4.83 Å². The van der Waals surface area contributed by atoms with Crippen molar-refractivity contribution in [3.63, 3.8) is 0 Å². The molecule has 2 aromatic heterocycles. The summed E-state index contributed by atoms with van der Waals surface area (Å²) >= 11 is 1.49. The van der Waals surface area contributed by atoms with Crippen molar-refractivity contribution in [2.24, 2.45) is 0 Å². The first-order chi connectivity index (χ1) is 11.1. The Kier molecular flexibility index (Phi) is 4.71. The lowest BCUT2D eigenvalue weighted by Crippen LogP contribution is -2.21. The Morgan fingerprint density at radius 3 is 2.78 bits per heavy atom. The van der Waals surface area contributed by atoms with Crippen LogP contribution in [0.4, 0.5) is 0 Å². The predicted molar refractivity (Wildman–Crippen MR) is 90.1 cm³/mol. The van der Waals surface area contributed by atoms with Gasteiger partial charge in [0.2, 0.25) is 5.91 Å². The molecule has 0 aromatic carbocycles. The summed E-state index contributed by atoms with van der Waals surface area (Å²) in [7, 11) is 1.62. The Morgan fingerprint density at radius 2 is 2.09 bits per heavy atom. The zero-order chi connectivity index (χ0) is 16.4. The maximum atomic E-state index is 12.6. The smallest absolute Gasteiger partial charge is 0.341 e. The predicted octanol–water partition coefficient (Wildman–Crippen LogP) is 3.09. The van der Waals surface area contributed by atoms with Crippen molar-refractivity contribution in [2.75, 3.05) is 7.05 Å². The number of hydrogen-bond donors (Lipinski definition) is 1. The molecule has 6 heteroatoms. The lowest BCUT2D eigenvalue weighted by Gasteiger charge is -2.21. The topological polar surface area (TPSA) is 59.8 Å². The van der Waals surface area contributed by atoms with Crippen molar-refractivity contribution in [3.8, 4) is 0 Å². The number of likely N-dealkylation sites (N-methyl/N-ethyl adjacent to an activating group) is 1. The van der Waals surface area contributed by atoms with E-state index < -0.39 is 0 Å². The standard InChI is InChI=1S/C17H22N2O3S/c1-11-9-19-12(8-14(20)18-2)10-23-16(19)15(11)17(21)22-13-6-4-3-5-7-13/h9-10,13H,3-8H2,1-2H3,(H,18,20). The maximum absolute atomic E-state index is 12.6. The number of esters is 1. The Labute approximate surface area is 139 Å². The summed E-state index contributed by atoms with van der Waals surface area (Å²) in [4.78, 5) is 25.1. The van der Waals surface area contributed by atoms with Gasteiger partial charge in [0.25, 0.3) is 0 Å². The van der Waals surface area contributed by atoms with E-state index in [1.54, 1.807) is 7.05 Å². The molecule has 2 heterocycles. The van der Waals surface area contributed by atoms with Crippen molar-refractivity contribution >= 4 is 28.0 Å². The van der Waals surface area contributed by atoms with Gasteiger partial charge in [0.05, 0.1) is 12.0 Å². The Balaban J connectivity index is 1.84. The van der Waals surface area contributed by atoms with Gasteiger partial charge in [-0.05, 0) is 38.2 Å². The highest BCUT2D eigenvalue weighted by Gasteiger charge is 2.24. The molecule has 0 unspecified atom stereocenters. The first-order valence-electron chi connectivity index (χ1n) is 8.09. The number of rotatable bonds is 4. The van der Waals surface area contributed by atoms with Crippen LogP contribution < -0.4 is 5.32 Å². The molecule has 0 saturated heterocycles. The number of aryl methyl sites for hydroxylation is 1. The lowest BCUT2D eigenvalue weighted by atomic mass is 9.98. The van der Waals surface area contributed by atoms with Crippen LogP contribution in [0, 0.1) is 6.92 Å². The Bertz CT molecular complexity index is 726. The molecule has 1 aliphatic rings. The summed E-state index contributed by atoms with van der Waals surface area (Å²) < 4.78 is 7.65. The third-order valence-electron chi connectivity index (χ3n) is 4.42. The summed E-state index contributed by atoms with van der Waals surface area (Å²) in [5.41, 5.74) is 2.43. The fourth-order valence-electron chi connectivity index (χ4n) is 3.14. The van der Waals surface area contributed by atoms with Crippen molar-refractivity contribution in [2.45, 2.75) is 51.6 Å². The second kappa shape index (κ2) is 6.74. The monoisotopic (exact) mass is 334 g/mol. The van der Waals surface area contributed by atoms with Crippen LogP contribution >= 0.6 is 11.3 Å². The molecule has 1 aliphatic carbocycles. The minimum Gasteiger partial charge on any atom is -0.459 e. The number of nitrogens with one attached hydrogen (secondary N) is 1. The number of carbonyl (C=O) groups excluding carboxylic acids is 2. The van der Waals surface area contributed by atoms with Crippen LogP contribution in [0.5, 0.6) is 0 Å². The van der Waals surface area contributed by atoms with E-state index in [1.807, 2.05) is 22.9 Å². The Morgan fingerprint density at radius 1 is 1.35 bits per heavy atom. The highest BCUT2D eigenvalue weighted by Crippen LogP contribution is 2.28. The first kappa shape index (κ1) is 16.1. The third-order valence-corrected chi connectivity index (χ3v) is 5.43. The number of amides is 1. The summed E-state index contributed by atoms with van der Waals surface area (Å²) in [6.07, 6.45) is 7.72. The molecule has 1 N–H and O–H groups in total. The summed E-state index contributed by atoms with van der Waals surface area (Å²) in [5.74, 6) is -0.271. The average Bonchev–Trinajstić information content (AvgIpc) is 3.06. The fraction of sp³-hybridized carbons (Fsp3) is 0.529. The second-order valence-corrected chi connectivity index (χ2v) is 6.96. The van der Waals surface area contributed by atoms with Gasteiger partial charge in [0, 0.05) is 24.3 Å². The van der Waals surface area contributed by atoms with Gasteiger partial charge in [-0.3, -0.25) is 4.79 Å². The molecular formula is C17H22N2O3S. The third kappa shape index (κ3) is 3.27. The lowest BCUT2D eigenvalue weighted by molar-refractivity contribution is -0.120. The quantitative estimate of drug-likeness (QED) is 0.874. The molecule has 0 spiro atoms. The van der Waals surface area contributed by atoms with E-state index in [4.69, 9.17) is 4.74 Å².